The third kappa shape index (κ3) is 25.7. The van der Waals surface area contributed by atoms with Crippen molar-refractivity contribution in [3.63, 3.8) is 0 Å². The molecule has 5 N–H and O–H groups in total. The largest absolute Gasteiger partial charge is 0.493 e. The zero-order valence-electron chi connectivity index (χ0n) is 55.1. The number of aliphatic hydroxyl groups excluding tert-OH is 2. The van der Waals surface area contributed by atoms with E-state index >= 15 is 0 Å². The van der Waals surface area contributed by atoms with Crippen molar-refractivity contribution in [2.45, 2.75) is 166 Å². The fraction of sp³-hybridized carbons (Fsp3) is 0.687. The molecule has 3 amide bonds. The molecule has 3 atom stereocenters. The standard InChI is InChI=1S/3C21H32N2O4.2C2H6O.3ClH/c3*1-17(27-19-9-5-4-8-18(19)25-2)20(24)22-16-21(10-6-3-7-11-21)23-12-14-26-15-13-23;2*1-2-3;;;/h3*4-5,8-9,17H,3,6-7,10-16H2,1-2H3,(H,22,24);2*3H,2H2,1H3;3*1H. The van der Waals surface area contributed by atoms with Crippen LogP contribution in [0.25, 0.3) is 0 Å². The average Bonchev–Trinajstić information content (AvgIpc) is 1.98. The Kier molecular flexibility index (Phi) is 40.6. The van der Waals surface area contributed by atoms with E-state index in [1.165, 1.54) is 57.8 Å². The van der Waals surface area contributed by atoms with Gasteiger partial charge in [0.25, 0.3) is 17.7 Å². The minimum Gasteiger partial charge on any atom is -0.493 e. The highest BCUT2D eigenvalue weighted by molar-refractivity contribution is 5.86. The summed E-state index contributed by atoms with van der Waals surface area (Å²) in [5.41, 5.74) is 0.172. The summed E-state index contributed by atoms with van der Waals surface area (Å²) in [4.78, 5) is 45.7. The van der Waals surface area contributed by atoms with Crippen LogP contribution >= 0.6 is 37.2 Å². The van der Waals surface area contributed by atoms with E-state index in [4.69, 9.17) is 52.8 Å². The van der Waals surface area contributed by atoms with Crippen molar-refractivity contribution in [2.75, 3.05) is 133 Å². The van der Waals surface area contributed by atoms with Crippen LogP contribution < -0.4 is 44.4 Å². The van der Waals surface area contributed by atoms with E-state index in [0.29, 0.717) is 54.1 Å². The Hall–Kier alpha value is -4.58. The summed E-state index contributed by atoms with van der Waals surface area (Å²) < 4.78 is 50.0. The lowest BCUT2D eigenvalue weighted by Gasteiger charge is -2.48. The molecule has 3 aliphatic heterocycles. The molecular formula is C67H111Cl3N6O14. The molecule has 0 aromatic heterocycles. The zero-order chi connectivity index (χ0) is 62.8. The van der Waals surface area contributed by atoms with Crippen LogP contribution in [0.1, 0.15) is 131 Å². The SMILES string of the molecule is CCO.CCO.COc1ccccc1OC(C)C(=O)NCC1(N2CCOCC2)CCCCC1.COc1ccccc1OC(C)C(=O)NCC1(N2CCOCC2)CCCCC1.COc1ccccc1OC(C)C(=O)NCC1(N2CCOCC2)CCCCC1.Cl.Cl.Cl. The van der Waals surface area contributed by atoms with Crippen LogP contribution in [0.5, 0.6) is 34.5 Å². The molecule has 6 aliphatic rings. The van der Waals surface area contributed by atoms with Gasteiger partial charge in [-0.25, -0.2) is 0 Å². The van der Waals surface area contributed by atoms with Gasteiger partial charge < -0.3 is 68.8 Å². The number of carbonyl (C=O) groups excluding carboxylic acids is 3. The summed E-state index contributed by atoms with van der Waals surface area (Å²) >= 11 is 0. The number of rotatable bonds is 21. The van der Waals surface area contributed by atoms with Gasteiger partial charge in [0.2, 0.25) is 0 Å². The van der Waals surface area contributed by atoms with Crippen LogP contribution in [0.2, 0.25) is 0 Å². The number of para-hydroxylation sites is 6. The molecule has 6 fully saturated rings. The van der Waals surface area contributed by atoms with Crippen molar-refractivity contribution in [3.05, 3.63) is 72.8 Å². The second-order valence-corrected chi connectivity index (χ2v) is 23.2. The number of nitrogens with zero attached hydrogens (tertiary/aromatic N) is 3. The highest BCUT2D eigenvalue weighted by Crippen LogP contribution is 2.37. The highest BCUT2D eigenvalue weighted by atomic mass is 35.5. The second kappa shape index (κ2) is 44.9. The summed E-state index contributed by atoms with van der Waals surface area (Å²) in [5, 5.41) is 24.6. The van der Waals surface area contributed by atoms with Crippen LogP contribution in [0, 0.1) is 0 Å². The van der Waals surface area contributed by atoms with Gasteiger partial charge in [0.1, 0.15) is 0 Å². The number of hydrogen-bond acceptors (Lipinski definition) is 17. The monoisotopic (exact) mass is 1330 g/mol. The first-order valence-corrected chi connectivity index (χ1v) is 32.2. The van der Waals surface area contributed by atoms with Crippen molar-refractivity contribution < 1.29 is 67.2 Å². The van der Waals surface area contributed by atoms with Gasteiger partial charge >= 0.3 is 0 Å². The molecule has 3 aliphatic carbocycles. The molecule has 3 saturated carbocycles. The maximum atomic E-state index is 12.7. The van der Waals surface area contributed by atoms with E-state index < -0.39 is 18.3 Å². The molecular weight excluding hydrogens is 1220 g/mol. The number of carbonyl (C=O) groups is 3. The Morgan fingerprint density at radius 1 is 0.411 bits per heavy atom. The lowest BCUT2D eigenvalue weighted by molar-refractivity contribution is -0.129. The third-order valence-electron chi connectivity index (χ3n) is 17.4. The second-order valence-electron chi connectivity index (χ2n) is 23.2. The van der Waals surface area contributed by atoms with Gasteiger partial charge in [-0.05, 0) is 110 Å². The number of hydrogen-bond donors (Lipinski definition) is 5. The smallest absolute Gasteiger partial charge is 0.260 e. The van der Waals surface area contributed by atoms with Gasteiger partial charge in [-0.1, -0.05) is 94.2 Å². The molecule has 514 valence electrons. The summed E-state index contributed by atoms with van der Waals surface area (Å²) in [6, 6.07) is 22.2. The first kappa shape index (κ1) is 81.5. The average molecular weight is 1330 g/mol. The predicted molar refractivity (Wildman–Crippen MR) is 360 cm³/mol. The van der Waals surface area contributed by atoms with Gasteiger partial charge in [-0.2, -0.15) is 0 Å². The fourth-order valence-electron chi connectivity index (χ4n) is 12.6. The van der Waals surface area contributed by atoms with E-state index in [9.17, 15) is 14.4 Å². The Labute approximate surface area is 556 Å². The summed E-state index contributed by atoms with van der Waals surface area (Å²) in [5.74, 6) is 3.41. The first-order valence-electron chi connectivity index (χ1n) is 32.2. The van der Waals surface area contributed by atoms with E-state index in [0.717, 1.165) is 117 Å². The maximum absolute atomic E-state index is 12.7. The molecule has 3 heterocycles. The van der Waals surface area contributed by atoms with E-state index in [2.05, 4.69) is 30.7 Å². The van der Waals surface area contributed by atoms with Crippen LogP contribution in [-0.4, -0.2) is 211 Å². The molecule has 3 saturated heterocycles. The molecule has 0 spiro atoms. The van der Waals surface area contributed by atoms with E-state index in [1.807, 2.05) is 72.8 Å². The fourth-order valence-corrected chi connectivity index (χ4v) is 12.6. The number of amides is 3. The molecule has 20 nitrogen and oxygen atoms in total. The Bertz CT molecular complexity index is 2140. The Balaban J connectivity index is 0.000000433. The molecule has 0 bridgehead atoms. The van der Waals surface area contributed by atoms with E-state index in [1.54, 1.807) is 55.9 Å². The van der Waals surface area contributed by atoms with Crippen LogP contribution in [0.15, 0.2) is 72.8 Å². The minimum absolute atomic E-state index is 0. The maximum Gasteiger partial charge on any atom is 0.260 e. The number of nitrogens with one attached hydrogen (secondary N) is 3. The summed E-state index contributed by atoms with van der Waals surface area (Å²) in [7, 11) is 4.80. The number of aliphatic hydroxyl groups is 2. The Morgan fingerprint density at radius 3 is 0.811 bits per heavy atom. The lowest BCUT2D eigenvalue weighted by atomic mass is 9.79. The summed E-state index contributed by atoms with van der Waals surface area (Å²) in [6.45, 7) is 21.6. The normalized spacial score (nSPS) is 19.5. The number of ether oxygens (including phenoxy) is 9. The van der Waals surface area contributed by atoms with Gasteiger partial charge in [0.15, 0.2) is 52.8 Å². The minimum atomic E-state index is -0.577. The summed E-state index contributed by atoms with van der Waals surface area (Å²) in [6.07, 6.45) is 16.3. The number of benzene rings is 3. The number of halogens is 3. The van der Waals surface area contributed by atoms with Crippen molar-refractivity contribution in [1.29, 1.82) is 0 Å². The molecule has 3 unspecified atom stereocenters. The molecule has 0 radical (unpaired) electrons. The van der Waals surface area contributed by atoms with Crippen molar-refractivity contribution in [3.8, 4) is 34.5 Å². The van der Waals surface area contributed by atoms with Gasteiger partial charge in [-0.3, -0.25) is 29.1 Å². The molecule has 90 heavy (non-hydrogen) atoms. The quantitative estimate of drug-likeness (QED) is 0.0671. The van der Waals surface area contributed by atoms with Crippen molar-refractivity contribution in [2.24, 2.45) is 0 Å². The predicted octanol–water partition coefficient (Wildman–Crippen LogP) is 9.10. The van der Waals surface area contributed by atoms with Crippen LogP contribution in [0.3, 0.4) is 0 Å². The Morgan fingerprint density at radius 2 is 0.611 bits per heavy atom. The van der Waals surface area contributed by atoms with Gasteiger partial charge in [-0.15, -0.1) is 37.2 Å². The van der Waals surface area contributed by atoms with Crippen molar-refractivity contribution >= 4 is 54.9 Å². The molecule has 9 rings (SSSR count). The van der Waals surface area contributed by atoms with Crippen molar-refractivity contribution in [1.82, 2.24) is 30.7 Å². The third-order valence-corrected chi connectivity index (χ3v) is 17.4. The highest BCUT2D eigenvalue weighted by Gasteiger charge is 2.42. The van der Waals surface area contributed by atoms with Crippen LogP contribution in [-0.2, 0) is 28.6 Å². The zero-order valence-corrected chi connectivity index (χ0v) is 57.6. The van der Waals surface area contributed by atoms with Gasteiger partial charge in [0, 0.05) is 88.7 Å². The van der Waals surface area contributed by atoms with Gasteiger partial charge in [0.05, 0.1) is 61.0 Å². The first-order chi connectivity index (χ1) is 42.3. The molecule has 23 heteroatoms. The number of methoxy groups -OCH3 is 3. The lowest BCUT2D eigenvalue weighted by Crippen LogP contribution is -2.60. The topological polar surface area (TPSA) is 221 Å². The molecule has 3 aromatic carbocycles. The molecule has 3 aromatic rings. The van der Waals surface area contributed by atoms with Crippen LogP contribution in [0.4, 0.5) is 0 Å². The number of morpholine rings is 3. The van der Waals surface area contributed by atoms with E-state index in [-0.39, 0.29) is 84.8 Å².